The zero-order valence-electron chi connectivity index (χ0n) is 12.9. The van der Waals surface area contributed by atoms with Crippen LogP contribution in [0.25, 0.3) is 0 Å². The van der Waals surface area contributed by atoms with Crippen LogP contribution in [-0.4, -0.2) is 37.8 Å². The molecular formula is C15H25N3OS. The lowest BCUT2D eigenvalue weighted by Gasteiger charge is -2.34. The van der Waals surface area contributed by atoms with Crippen molar-refractivity contribution < 1.29 is 4.74 Å². The summed E-state index contributed by atoms with van der Waals surface area (Å²) in [5.41, 5.74) is 1.64. The predicted molar refractivity (Wildman–Crippen MR) is 83.6 cm³/mol. The monoisotopic (exact) mass is 295 g/mol. The maximum atomic E-state index is 5.53. The van der Waals surface area contributed by atoms with Crippen LogP contribution in [0.4, 0.5) is 5.13 Å². The highest BCUT2D eigenvalue weighted by Gasteiger charge is 2.35. The summed E-state index contributed by atoms with van der Waals surface area (Å²) in [5.74, 6) is 0. The van der Waals surface area contributed by atoms with Crippen LogP contribution < -0.4 is 10.2 Å². The standard InChI is InChI=1S/C15H25N3OS/c1-10-9-19-6-5-18(10)14-17-12-8-15(2,3)7-11(16-4)13(12)20-14/h10-11,16H,5-9H2,1-4H3. The molecule has 0 radical (unpaired) electrons. The maximum absolute atomic E-state index is 5.53. The van der Waals surface area contributed by atoms with Gasteiger partial charge in [0, 0.05) is 17.5 Å². The number of hydrogen-bond donors (Lipinski definition) is 1. The van der Waals surface area contributed by atoms with E-state index in [1.165, 1.54) is 22.1 Å². The number of fused-ring (bicyclic) bond motifs is 1. The number of hydrogen-bond acceptors (Lipinski definition) is 5. The Labute approximate surface area is 125 Å². The van der Waals surface area contributed by atoms with Crippen molar-refractivity contribution in [3.05, 3.63) is 10.6 Å². The summed E-state index contributed by atoms with van der Waals surface area (Å²) < 4.78 is 5.53. The highest BCUT2D eigenvalue weighted by Crippen LogP contribution is 2.44. The molecule has 4 nitrogen and oxygen atoms in total. The fraction of sp³-hybridized carbons (Fsp3) is 0.800. The van der Waals surface area contributed by atoms with E-state index in [-0.39, 0.29) is 0 Å². The molecule has 0 amide bonds. The Bertz CT molecular complexity index is 485. The van der Waals surface area contributed by atoms with Gasteiger partial charge in [-0.2, -0.15) is 0 Å². The van der Waals surface area contributed by atoms with Crippen molar-refractivity contribution in [1.82, 2.24) is 10.3 Å². The van der Waals surface area contributed by atoms with Crippen LogP contribution in [0.2, 0.25) is 0 Å². The van der Waals surface area contributed by atoms with Crippen LogP contribution in [0.1, 0.15) is 43.8 Å². The van der Waals surface area contributed by atoms with Crippen LogP contribution in [0, 0.1) is 5.41 Å². The molecule has 1 aliphatic carbocycles. The van der Waals surface area contributed by atoms with Crippen molar-refractivity contribution in [2.45, 2.75) is 45.7 Å². The molecule has 1 fully saturated rings. The Morgan fingerprint density at radius 1 is 1.45 bits per heavy atom. The summed E-state index contributed by atoms with van der Waals surface area (Å²) in [6.07, 6.45) is 2.28. The second-order valence-electron chi connectivity index (χ2n) is 6.81. The number of thiazole rings is 1. The zero-order chi connectivity index (χ0) is 14.3. The molecule has 2 unspecified atom stereocenters. The minimum absolute atomic E-state index is 0.336. The lowest BCUT2D eigenvalue weighted by molar-refractivity contribution is 0.0989. The number of nitrogens with one attached hydrogen (secondary N) is 1. The SMILES string of the molecule is CNC1CC(C)(C)Cc2nc(N3CCOCC3C)sc21. The number of nitrogens with zero attached hydrogens (tertiary/aromatic N) is 2. The van der Waals surface area contributed by atoms with Crippen molar-refractivity contribution in [2.75, 3.05) is 31.7 Å². The van der Waals surface area contributed by atoms with Gasteiger partial charge in [0.15, 0.2) is 5.13 Å². The summed E-state index contributed by atoms with van der Waals surface area (Å²) in [6, 6.07) is 0.883. The van der Waals surface area contributed by atoms with Gasteiger partial charge >= 0.3 is 0 Å². The average molecular weight is 295 g/mol. The summed E-state index contributed by atoms with van der Waals surface area (Å²) >= 11 is 1.88. The van der Waals surface area contributed by atoms with Crippen molar-refractivity contribution in [2.24, 2.45) is 5.41 Å². The molecule has 0 saturated carbocycles. The van der Waals surface area contributed by atoms with Gasteiger partial charge in [0.05, 0.1) is 24.9 Å². The molecule has 20 heavy (non-hydrogen) atoms. The van der Waals surface area contributed by atoms with E-state index in [0.29, 0.717) is 17.5 Å². The third-order valence-corrected chi connectivity index (χ3v) is 5.65. The fourth-order valence-electron chi connectivity index (χ4n) is 3.29. The molecule has 1 aromatic rings. The molecule has 1 saturated heterocycles. The lowest BCUT2D eigenvalue weighted by Crippen LogP contribution is -2.43. The van der Waals surface area contributed by atoms with Crippen LogP contribution in [0.5, 0.6) is 0 Å². The number of rotatable bonds is 2. The molecule has 0 bridgehead atoms. The molecule has 5 heteroatoms. The third-order valence-electron chi connectivity index (χ3n) is 4.40. The van der Waals surface area contributed by atoms with Gasteiger partial charge in [0.1, 0.15) is 0 Å². The quantitative estimate of drug-likeness (QED) is 0.910. The smallest absolute Gasteiger partial charge is 0.186 e. The van der Waals surface area contributed by atoms with Gasteiger partial charge in [-0.1, -0.05) is 25.2 Å². The van der Waals surface area contributed by atoms with E-state index < -0.39 is 0 Å². The first kappa shape index (κ1) is 14.3. The summed E-state index contributed by atoms with van der Waals surface area (Å²) in [4.78, 5) is 8.82. The van der Waals surface area contributed by atoms with Crippen LogP contribution in [0.15, 0.2) is 0 Å². The zero-order valence-corrected chi connectivity index (χ0v) is 13.7. The highest BCUT2D eigenvalue weighted by atomic mass is 32.1. The summed E-state index contributed by atoms with van der Waals surface area (Å²) in [5, 5.41) is 4.65. The van der Waals surface area contributed by atoms with Crippen LogP contribution >= 0.6 is 11.3 Å². The van der Waals surface area contributed by atoms with E-state index in [4.69, 9.17) is 9.72 Å². The van der Waals surface area contributed by atoms with Gasteiger partial charge in [-0.3, -0.25) is 0 Å². The first-order valence-electron chi connectivity index (χ1n) is 7.51. The van der Waals surface area contributed by atoms with E-state index in [1.807, 2.05) is 11.3 Å². The second-order valence-corrected chi connectivity index (χ2v) is 7.82. The Hall–Kier alpha value is -0.650. The Morgan fingerprint density at radius 2 is 2.25 bits per heavy atom. The third kappa shape index (κ3) is 2.59. The number of anilines is 1. The number of ether oxygens (including phenoxy) is 1. The molecule has 2 aliphatic rings. The fourth-order valence-corrected chi connectivity index (χ4v) is 4.61. The van der Waals surface area contributed by atoms with Crippen molar-refractivity contribution >= 4 is 16.5 Å². The topological polar surface area (TPSA) is 37.4 Å². The number of aromatic nitrogens is 1. The minimum atomic E-state index is 0.336. The summed E-state index contributed by atoms with van der Waals surface area (Å²) in [7, 11) is 2.06. The predicted octanol–water partition coefficient (Wildman–Crippen LogP) is 2.60. The largest absolute Gasteiger partial charge is 0.377 e. The van der Waals surface area contributed by atoms with Gasteiger partial charge in [0.25, 0.3) is 0 Å². The Morgan fingerprint density at radius 3 is 2.95 bits per heavy atom. The Kier molecular flexibility index (Phi) is 3.77. The molecular weight excluding hydrogens is 270 g/mol. The molecule has 0 aromatic carbocycles. The molecule has 112 valence electrons. The highest BCUT2D eigenvalue weighted by molar-refractivity contribution is 7.15. The van der Waals surface area contributed by atoms with Crippen LogP contribution in [0.3, 0.4) is 0 Å². The molecule has 2 heterocycles. The van der Waals surface area contributed by atoms with E-state index in [0.717, 1.165) is 26.2 Å². The van der Waals surface area contributed by atoms with Crippen molar-refractivity contribution in [3.63, 3.8) is 0 Å². The van der Waals surface area contributed by atoms with Gasteiger partial charge < -0.3 is 15.0 Å². The van der Waals surface area contributed by atoms with E-state index in [2.05, 4.69) is 38.0 Å². The molecule has 0 spiro atoms. The first-order valence-corrected chi connectivity index (χ1v) is 8.33. The minimum Gasteiger partial charge on any atom is -0.377 e. The average Bonchev–Trinajstić information content (AvgIpc) is 2.80. The molecule has 1 N–H and O–H groups in total. The molecule has 1 aliphatic heterocycles. The van der Waals surface area contributed by atoms with E-state index in [9.17, 15) is 0 Å². The second kappa shape index (κ2) is 5.28. The molecule has 3 rings (SSSR count). The maximum Gasteiger partial charge on any atom is 0.186 e. The van der Waals surface area contributed by atoms with Gasteiger partial charge in [-0.25, -0.2) is 4.98 Å². The first-order chi connectivity index (χ1) is 9.50. The molecule has 2 atom stereocenters. The summed E-state index contributed by atoms with van der Waals surface area (Å²) in [6.45, 7) is 9.49. The van der Waals surface area contributed by atoms with Crippen molar-refractivity contribution in [1.29, 1.82) is 0 Å². The van der Waals surface area contributed by atoms with E-state index in [1.54, 1.807) is 0 Å². The van der Waals surface area contributed by atoms with E-state index >= 15 is 0 Å². The Balaban J connectivity index is 1.91. The van der Waals surface area contributed by atoms with Gasteiger partial charge in [-0.15, -0.1) is 0 Å². The van der Waals surface area contributed by atoms with Crippen molar-refractivity contribution in [3.8, 4) is 0 Å². The molecule has 1 aromatic heterocycles. The van der Waals surface area contributed by atoms with Gasteiger partial charge in [-0.05, 0) is 32.2 Å². The number of morpholine rings is 1. The normalized spacial score (nSPS) is 29.3. The van der Waals surface area contributed by atoms with Gasteiger partial charge in [0.2, 0.25) is 0 Å². The lowest BCUT2D eigenvalue weighted by atomic mass is 9.76. The van der Waals surface area contributed by atoms with Crippen LogP contribution in [-0.2, 0) is 11.2 Å².